The maximum absolute atomic E-state index is 12.6. The van der Waals surface area contributed by atoms with Crippen molar-refractivity contribution in [3.8, 4) is 0 Å². The molecule has 2 bridgehead atoms. The molecule has 4 heteroatoms. The van der Waals surface area contributed by atoms with Crippen molar-refractivity contribution in [1.29, 1.82) is 0 Å². The van der Waals surface area contributed by atoms with E-state index in [0.29, 0.717) is 12.1 Å². The number of rotatable bonds is 4. The smallest absolute Gasteiger partial charge is 0.230 e. The van der Waals surface area contributed by atoms with Gasteiger partial charge < -0.3 is 15.3 Å². The molecule has 4 unspecified atom stereocenters. The van der Waals surface area contributed by atoms with Crippen molar-refractivity contribution in [1.82, 2.24) is 10.2 Å². The Kier molecular flexibility index (Phi) is 4.79. The summed E-state index contributed by atoms with van der Waals surface area (Å²) in [6.45, 7) is -0.144. The number of nitrogens with zero attached hydrogens (tertiary/aromatic N) is 1. The number of carbonyl (C=O) groups excluding carboxylic acids is 1. The molecule has 0 saturated carbocycles. The first-order valence-corrected chi connectivity index (χ1v) is 8.37. The molecule has 0 radical (unpaired) electrons. The first-order valence-electron chi connectivity index (χ1n) is 8.37. The summed E-state index contributed by atoms with van der Waals surface area (Å²) >= 11 is 0. The summed E-state index contributed by atoms with van der Waals surface area (Å²) in [6, 6.07) is 11.1. The fraction of sp³-hybridized carbons (Fsp3) is 0.611. The molecule has 4 atom stereocenters. The summed E-state index contributed by atoms with van der Waals surface area (Å²) in [5.74, 6) is -0.501. The van der Waals surface area contributed by atoms with Gasteiger partial charge in [0, 0.05) is 18.1 Å². The van der Waals surface area contributed by atoms with E-state index in [1.165, 1.54) is 12.8 Å². The fourth-order valence-electron chi connectivity index (χ4n) is 4.02. The molecule has 0 spiro atoms. The SMILES string of the molecule is CN1C2CCC(NC(=O)C(CO)c3ccccc3)CC1CC2. The standard InChI is InChI=1S/C18H26N2O2/c1-20-15-8-7-14(11-16(20)10-9-15)19-18(22)17(12-21)13-5-3-2-4-6-13/h2-6,14-17,21H,7-12H2,1H3,(H,19,22). The van der Waals surface area contributed by atoms with Gasteiger partial charge in [-0.3, -0.25) is 4.79 Å². The van der Waals surface area contributed by atoms with Gasteiger partial charge in [-0.15, -0.1) is 0 Å². The number of fused-ring (bicyclic) bond motifs is 2. The first kappa shape index (κ1) is 15.5. The molecule has 2 saturated heterocycles. The molecule has 2 fully saturated rings. The topological polar surface area (TPSA) is 52.6 Å². The van der Waals surface area contributed by atoms with Crippen LogP contribution in [0, 0.1) is 0 Å². The Hall–Kier alpha value is -1.39. The van der Waals surface area contributed by atoms with Crippen LogP contribution in [0.5, 0.6) is 0 Å². The van der Waals surface area contributed by atoms with E-state index in [1.54, 1.807) is 0 Å². The zero-order chi connectivity index (χ0) is 15.5. The number of nitrogens with one attached hydrogen (secondary N) is 1. The van der Waals surface area contributed by atoms with E-state index >= 15 is 0 Å². The molecule has 22 heavy (non-hydrogen) atoms. The predicted octanol–water partition coefficient (Wildman–Crippen LogP) is 1.89. The van der Waals surface area contributed by atoms with E-state index in [9.17, 15) is 9.90 Å². The molecule has 1 aromatic rings. The second kappa shape index (κ2) is 6.80. The Labute approximate surface area is 132 Å². The van der Waals surface area contributed by atoms with Crippen molar-refractivity contribution >= 4 is 5.91 Å². The van der Waals surface area contributed by atoms with E-state index in [0.717, 1.165) is 24.8 Å². The van der Waals surface area contributed by atoms with E-state index in [2.05, 4.69) is 17.3 Å². The lowest BCUT2D eigenvalue weighted by Crippen LogP contribution is -2.41. The summed E-state index contributed by atoms with van der Waals surface area (Å²) in [5.41, 5.74) is 0.884. The number of hydrogen-bond donors (Lipinski definition) is 2. The summed E-state index contributed by atoms with van der Waals surface area (Å²) in [6.07, 6.45) is 5.78. The quantitative estimate of drug-likeness (QED) is 0.893. The molecular weight excluding hydrogens is 276 g/mol. The van der Waals surface area contributed by atoms with Gasteiger partial charge >= 0.3 is 0 Å². The lowest BCUT2D eigenvalue weighted by molar-refractivity contribution is -0.124. The molecule has 1 aromatic carbocycles. The van der Waals surface area contributed by atoms with Crippen LogP contribution in [0.15, 0.2) is 30.3 Å². The molecule has 1 amide bonds. The summed E-state index contributed by atoms with van der Waals surface area (Å²) in [7, 11) is 2.22. The van der Waals surface area contributed by atoms with Crippen molar-refractivity contribution in [2.75, 3.05) is 13.7 Å². The van der Waals surface area contributed by atoms with Gasteiger partial charge in [-0.1, -0.05) is 30.3 Å². The summed E-state index contributed by atoms with van der Waals surface area (Å²) in [5, 5.41) is 12.8. The highest BCUT2D eigenvalue weighted by atomic mass is 16.3. The number of amides is 1. The average molecular weight is 302 g/mol. The minimum atomic E-state index is -0.459. The van der Waals surface area contributed by atoms with Gasteiger partial charge in [0.2, 0.25) is 5.91 Å². The Morgan fingerprint density at radius 2 is 1.91 bits per heavy atom. The highest BCUT2D eigenvalue weighted by Gasteiger charge is 2.36. The Morgan fingerprint density at radius 3 is 2.64 bits per heavy atom. The van der Waals surface area contributed by atoms with E-state index in [1.807, 2.05) is 30.3 Å². The number of aliphatic hydroxyl groups is 1. The van der Waals surface area contributed by atoms with Crippen LogP contribution in [-0.2, 0) is 4.79 Å². The van der Waals surface area contributed by atoms with Crippen LogP contribution >= 0.6 is 0 Å². The van der Waals surface area contributed by atoms with E-state index in [-0.39, 0.29) is 18.6 Å². The highest BCUT2D eigenvalue weighted by Crippen LogP contribution is 2.33. The summed E-state index contributed by atoms with van der Waals surface area (Å²) in [4.78, 5) is 15.1. The first-order chi connectivity index (χ1) is 10.7. The maximum atomic E-state index is 12.6. The largest absolute Gasteiger partial charge is 0.395 e. The van der Waals surface area contributed by atoms with E-state index in [4.69, 9.17) is 0 Å². The molecule has 0 aliphatic carbocycles. The highest BCUT2D eigenvalue weighted by molar-refractivity contribution is 5.84. The minimum absolute atomic E-state index is 0.0425. The lowest BCUT2D eigenvalue weighted by atomic mass is 9.94. The van der Waals surface area contributed by atoms with Gasteiger partial charge in [0.25, 0.3) is 0 Å². The maximum Gasteiger partial charge on any atom is 0.230 e. The zero-order valence-electron chi connectivity index (χ0n) is 13.2. The molecule has 2 N–H and O–H groups in total. The second-order valence-corrected chi connectivity index (χ2v) is 6.71. The van der Waals surface area contributed by atoms with Crippen LogP contribution in [0.1, 0.15) is 43.6 Å². The van der Waals surface area contributed by atoms with Gasteiger partial charge in [0.05, 0.1) is 12.5 Å². The summed E-state index contributed by atoms with van der Waals surface area (Å²) < 4.78 is 0. The molecule has 2 aliphatic rings. The Morgan fingerprint density at radius 1 is 1.23 bits per heavy atom. The van der Waals surface area contributed by atoms with Crippen LogP contribution in [0.25, 0.3) is 0 Å². The number of hydrogen-bond acceptors (Lipinski definition) is 3. The zero-order valence-corrected chi connectivity index (χ0v) is 13.2. The molecular formula is C18H26N2O2. The van der Waals surface area contributed by atoms with Crippen molar-refractivity contribution in [2.24, 2.45) is 0 Å². The fourth-order valence-corrected chi connectivity index (χ4v) is 4.02. The average Bonchev–Trinajstić information content (AvgIpc) is 2.77. The van der Waals surface area contributed by atoms with E-state index < -0.39 is 5.92 Å². The van der Waals surface area contributed by atoms with Crippen molar-refractivity contribution in [3.05, 3.63) is 35.9 Å². The number of benzene rings is 1. The third kappa shape index (κ3) is 3.18. The van der Waals surface area contributed by atoms with Crippen molar-refractivity contribution < 1.29 is 9.90 Å². The molecule has 2 aliphatic heterocycles. The lowest BCUT2D eigenvalue weighted by Gasteiger charge is -2.25. The van der Waals surface area contributed by atoms with Crippen LogP contribution in [0.4, 0.5) is 0 Å². The third-order valence-electron chi connectivity index (χ3n) is 5.44. The van der Waals surface area contributed by atoms with Gasteiger partial charge in [-0.25, -0.2) is 0 Å². The normalized spacial score (nSPS) is 29.8. The number of carbonyl (C=O) groups is 1. The Balaban J connectivity index is 1.63. The van der Waals surface area contributed by atoms with Crippen molar-refractivity contribution in [3.63, 3.8) is 0 Å². The van der Waals surface area contributed by atoms with Crippen LogP contribution in [0.2, 0.25) is 0 Å². The Bertz CT molecular complexity index is 505. The third-order valence-corrected chi connectivity index (χ3v) is 5.44. The molecule has 2 heterocycles. The second-order valence-electron chi connectivity index (χ2n) is 6.71. The van der Waals surface area contributed by atoms with Crippen LogP contribution in [-0.4, -0.2) is 47.7 Å². The van der Waals surface area contributed by atoms with Crippen LogP contribution in [0.3, 0.4) is 0 Å². The number of aliphatic hydroxyl groups excluding tert-OH is 1. The molecule has 3 rings (SSSR count). The van der Waals surface area contributed by atoms with Crippen molar-refractivity contribution in [2.45, 2.75) is 56.1 Å². The van der Waals surface area contributed by atoms with Gasteiger partial charge in [-0.05, 0) is 44.7 Å². The molecule has 0 aromatic heterocycles. The van der Waals surface area contributed by atoms with Gasteiger partial charge in [0.1, 0.15) is 0 Å². The van der Waals surface area contributed by atoms with Crippen LogP contribution < -0.4 is 5.32 Å². The monoisotopic (exact) mass is 302 g/mol. The molecule has 120 valence electrons. The predicted molar refractivity (Wildman–Crippen MR) is 86.6 cm³/mol. The van der Waals surface area contributed by atoms with Gasteiger partial charge in [-0.2, -0.15) is 0 Å². The van der Waals surface area contributed by atoms with Gasteiger partial charge in [0.15, 0.2) is 0 Å². The minimum Gasteiger partial charge on any atom is -0.395 e. The molecule has 4 nitrogen and oxygen atoms in total.